The van der Waals surface area contributed by atoms with Crippen molar-refractivity contribution < 1.29 is 4.79 Å². The number of nitrogens with zero attached hydrogens (tertiary/aromatic N) is 1. The van der Waals surface area contributed by atoms with Gasteiger partial charge in [0.25, 0.3) is 0 Å². The number of carbonyl (C=O) groups excluding carboxylic acids is 1. The number of carbonyl (C=O) groups is 1. The molecule has 0 aliphatic carbocycles. The Kier molecular flexibility index (Phi) is 4.06. The van der Waals surface area contributed by atoms with Gasteiger partial charge in [-0.25, -0.2) is 4.79 Å². The van der Waals surface area contributed by atoms with E-state index in [-0.39, 0.29) is 17.5 Å². The van der Waals surface area contributed by atoms with Gasteiger partial charge in [-0.1, -0.05) is 12.1 Å². The van der Waals surface area contributed by atoms with Gasteiger partial charge < -0.3 is 15.6 Å². The van der Waals surface area contributed by atoms with Crippen molar-refractivity contribution in [2.24, 2.45) is 5.92 Å². The standard InChI is InChI=1S/C15H20N4O2/c20-14(11-5-7-16-8-6-11)17-9-10-19-13-4-2-1-3-12(13)18-15(19)21/h1-4,11,16H,5-10H2,(H,17,20)(H,18,21). The van der Waals surface area contributed by atoms with Crippen LogP contribution in [0, 0.1) is 5.92 Å². The number of para-hydroxylation sites is 2. The molecule has 6 heteroatoms. The lowest BCUT2D eigenvalue weighted by molar-refractivity contribution is -0.125. The van der Waals surface area contributed by atoms with Gasteiger partial charge in [0.05, 0.1) is 11.0 Å². The molecule has 2 heterocycles. The number of rotatable bonds is 4. The summed E-state index contributed by atoms with van der Waals surface area (Å²) in [4.78, 5) is 26.8. The van der Waals surface area contributed by atoms with Crippen LogP contribution in [0.25, 0.3) is 11.0 Å². The minimum Gasteiger partial charge on any atom is -0.354 e. The van der Waals surface area contributed by atoms with Crippen molar-refractivity contribution in [3.8, 4) is 0 Å². The van der Waals surface area contributed by atoms with Crippen LogP contribution in [-0.2, 0) is 11.3 Å². The summed E-state index contributed by atoms with van der Waals surface area (Å²) < 4.78 is 1.66. The Morgan fingerprint density at radius 1 is 1.29 bits per heavy atom. The fraction of sp³-hybridized carbons (Fsp3) is 0.467. The van der Waals surface area contributed by atoms with Gasteiger partial charge in [0.15, 0.2) is 0 Å². The van der Waals surface area contributed by atoms with E-state index in [2.05, 4.69) is 15.6 Å². The van der Waals surface area contributed by atoms with Crippen molar-refractivity contribution in [1.29, 1.82) is 0 Å². The highest BCUT2D eigenvalue weighted by molar-refractivity contribution is 5.78. The molecule has 1 aromatic heterocycles. The first kappa shape index (κ1) is 13.9. The minimum absolute atomic E-state index is 0.101. The number of hydrogen-bond acceptors (Lipinski definition) is 3. The molecule has 3 rings (SSSR count). The van der Waals surface area contributed by atoms with Crippen LogP contribution in [0.2, 0.25) is 0 Å². The minimum atomic E-state index is -0.132. The summed E-state index contributed by atoms with van der Waals surface area (Å²) in [5.41, 5.74) is 1.57. The van der Waals surface area contributed by atoms with Crippen LogP contribution in [-0.4, -0.2) is 35.1 Å². The molecule has 3 N–H and O–H groups in total. The molecule has 0 spiro atoms. The number of benzene rings is 1. The molecule has 21 heavy (non-hydrogen) atoms. The van der Waals surface area contributed by atoms with Crippen LogP contribution < -0.4 is 16.3 Å². The van der Waals surface area contributed by atoms with Gasteiger partial charge in [0.2, 0.25) is 5.91 Å². The predicted molar refractivity (Wildman–Crippen MR) is 81.2 cm³/mol. The second-order valence-corrected chi connectivity index (χ2v) is 5.41. The molecular weight excluding hydrogens is 268 g/mol. The first-order valence-electron chi connectivity index (χ1n) is 7.41. The van der Waals surface area contributed by atoms with E-state index in [9.17, 15) is 9.59 Å². The third kappa shape index (κ3) is 3.00. The van der Waals surface area contributed by atoms with Crippen molar-refractivity contribution in [3.05, 3.63) is 34.7 Å². The van der Waals surface area contributed by atoms with Gasteiger partial charge in [-0.3, -0.25) is 9.36 Å². The van der Waals surface area contributed by atoms with Crippen molar-refractivity contribution in [2.45, 2.75) is 19.4 Å². The predicted octanol–water partition coefficient (Wildman–Crippen LogP) is 0.445. The van der Waals surface area contributed by atoms with E-state index in [4.69, 9.17) is 0 Å². The smallest absolute Gasteiger partial charge is 0.326 e. The zero-order chi connectivity index (χ0) is 14.7. The van der Waals surface area contributed by atoms with E-state index in [0.717, 1.165) is 37.0 Å². The van der Waals surface area contributed by atoms with E-state index in [1.807, 2.05) is 24.3 Å². The lowest BCUT2D eigenvalue weighted by Gasteiger charge is -2.21. The molecule has 0 saturated carbocycles. The lowest BCUT2D eigenvalue weighted by Crippen LogP contribution is -2.39. The van der Waals surface area contributed by atoms with E-state index < -0.39 is 0 Å². The number of amides is 1. The van der Waals surface area contributed by atoms with Crippen LogP contribution in [0.3, 0.4) is 0 Å². The fourth-order valence-electron chi connectivity index (χ4n) is 2.85. The SMILES string of the molecule is O=C(NCCn1c(=O)[nH]c2ccccc21)C1CCNCC1. The van der Waals surface area contributed by atoms with Crippen LogP contribution in [0.15, 0.2) is 29.1 Å². The molecule has 1 amide bonds. The molecule has 112 valence electrons. The molecule has 1 aliphatic heterocycles. The molecule has 0 atom stereocenters. The summed E-state index contributed by atoms with van der Waals surface area (Å²) in [6, 6.07) is 7.57. The van der Waals surface area contributed by atoms with Crippen LogP contribution in [0.1, 0.15) is 12.8 Å². The average molecular weight is 288 g/mol. The average Bonchev–Trinajstić information content (AvgIpc) is 2.84. The monoisotopic (exact) mass is 288 g/mol. The van der Waals surface area contributed by atoms with Crippen molar-refractivity contribution in [2.75, 3.05) is 19.6 Å². The maximum atomic E-state index is 12.0. The maximum absolute atomic E-state index is 12.0. The molecule has 2 aromatic rings. The van der Waals surface area contributed by atoms with E-state index in [1.54, 1.807) is 4.57 Å². The van der Waals surface area contributed by atoms with Crippen LogP contribution in [0.5, 0.6) is 0 Å². The Morgan fingerprint density at radius 3 is 2.86 bits per heavy atom. The summed E-state index contributed by atoms with van der Waals surface area (Å²) in [5.74, 6) is 0.204. The van der Waals surface area contributed by atoms with E-state index in [0.29, 0.717) is 13.1 Å². The zero-order valence-electron chi connectivity index (χ0n) is 11.9. The third-order valence-electron chi connectivity index (χ3n) is 4.03. The van der Waals surface area contributed by atoms with Crippen molar-refractivity contribution >= 4 is 16.9 Å². The second-order valence-electron chi connectivity index (χ2n) is 5.41. The Balaban J connectivity index is 1.60. The molecule has 6 nitrogen and oxygen atoms in total. The van der Waals surface area contributed by atoms with Crippen molar-refractivity contribution in [3.63, 3.8) is 0 Å². The lowest BCUT2D eigenvalue weighted by atomic mass is 9.97. The summed E-state index contributed by atoms with van der Waals surface area (Å²) in [6.45, 7) is 2.77. The second kappa shape index (κ2) is 6.13. The van der Waals surface area contributed by atoms with E-state index >= 15 is 0 Å². The van der Waals surface area contributed by atoms with Gasteiger partial charge >= 0.3 is 5.69 Å². The number of H-pyrrole nitrogens is 1. The van der Waals surface area contributed by atoms with Gasteiger partial charge in [-0.05, 0) is 38.1 Å². The van der Waals surface area contributed by atoms with Crippen molar-refractivity contribution in [1.82, 2.24) is 20.2 Å². The first-order chi connectivity index (χ1) is 10.3. The first-order valence-corrected chi connectivity index (χ1v) is 7.41. The number of fused-ring (bicyclic) bond motifs is 1. The Bertz CT molecular complexity index is 682. The number of aromatic nitrogens is 2. The summed E-state index contributed by atoms with van der Waals surface area (Å²) in [6.07, 6.45) is 1.78. The molecule has 0 radical (unpaired) electrons. The zero-order valence-corrected chi connectivity index (χ0v) is 11.9. The largest absolute Gasteiger partial charge is 0.354 e. The number of hydrogen-bond donors (Lipinski definition) is 3. The number of nitrogens with one attached hydrogen (secondary N) is 3. The molecule has 1 aliphatic rings. The quantitative estimate of drug-likeness (QED) is 0.764. The fourth-order valence-corrected chi connectivity index (χ4v) is 2.85. The molecular formula is C15H20N4O2. The summed E-state index contributed by atoms with van der Waals surface area (Å²) in [7, 11) is 0. The normalized spacial score (nSPS) is 16.2. The maximum Gasteiger partial charge on any atom is 0.326 e. The van der Waals surface area contributed by atoms with Gasteiger partial charge in [-0.2, -0.15) is 0 Å². The van der Waals surface area contributed by atoms with Gasteiger partial charge in [-0.15, -0.1) is 0 Å². The highest BCUT2D eigenvalue weighted by atomic mass is 16.2. The molecule has 0 unspecified atom stereocenters. The van der Waals surface area contributed by atoms with Crippen LogP contribution in [0.4, 0.5) is 0 Å². The van der Waals surface area contributed by atoms with Gasteiger partial charge in [0, 0.05) is 19.0 Å². The molecule has 1 aromatic carbocycles. The molecule has 1 saturated heterocycles. The Labute approximate surface area is 122 Å². The molecule has 1 fully saturated rings. The van der Waals surface area contributed by atoms with E-state index in [1.165, 1.54) is 0 Å². The topological polar surface area (TPSA) is 78.9 Å². The highest BCUT2D eigenvalue weighted by Gasteiger charge is 2.20. The summed E-state index contributed by atoms with van der Waals surface area (Å²) >= 11 is 0. The third-order valence-corrected chi connectivity index (χ3v) is 4.03. The number of imidazole rings is 1. The number of aromatic amines is 1. The van der Waals surface area contributed by atoms with Gasteiger partial charge in [0.1, 0.15) is 0 Å². The van der Waals surface area contributed by atoms with Crippen LogP contribution >= 0.6 is 0 Å². The summed E-state index contributed by atoms with van der Waals surface area (Å²) in [5, 5.41) is 6.19. The number of piperidine rings is 1. The molecule has 0 bridgehead atoms. The highest BCUT2D eigenvalue weighted by Crippen LogP contribution is 2.11. The Morgan fingerprint density at radius 2 is 2.05 bits per heavy atom. The Hall–Kier alpha value is -2.08.